The summed E-state index contributed by atoms with van der Waals surface area (Å²) in [5, 5.41) is 9.45. The number of carbonyl (C=O) groups is 1. The molecule has 0 saturated heterocycles. The van der Waals surface area contributed by atoms with Gasteiger partial charge in [-0.25, -0.2) is 0 Å². The summed E-state index contributed by atoms with van der Waals surface area (Å²) in [6.45, 7) is 4.91. The molecule has 0 aliphatic rings. The first-order valence-corrected chi connectivity index (χ1v) is 7.11. The monoisotopic (exact) mass is 349 g/mol. The number of halogens is 2. The highest BCUT2D eigenvalue weighted by atomic mass is 79.9. The van der Waals surface area contributed by atoms with Gasteiger partial charge >= 0.3 is 5.97 Å². The third-order valence-corrected chi connectivity index (χ3v) is 3.45. The van der Waals surface area contributed by atoms with E-state index in [-0.39, 0.29) is 12.6 Å². The molecule has 0 bridgehead atoms. The molecular formula is C13H17BrClNO3. The van der Waals surface area contributed by atoms with Crippen molar-refractivity contribution < 1.29 is 14.6 Å². The van der Waals surface area contributed by atoms with Crippen molar-refractivity contribution in [3.8, 4) is 5.75 Å². The van der Waals surface area contributed by atoms with Gasteiger partial charge in [-0.15, -0.1) is 0 Å². The van der Waals surface area contributed by atoms with Gasteiger partial charge in [0.2, 0.25) is 0 Å². The zero-order valence-electron chi connectivity index (χ0n) is 10.9. The van der Waals surface area contributed by atoms with Gasteiger partial charge in [-0.1, -0.05) is 11.6 Å². The number of ether oxygens (including phenoxy) is 1. The maximum atomic E-state index is 10.7. The van der Waals surface area contributed by atoms with Crippen molar-refractivity contribution in [2.24, 2.45) is 0 Å². The molecule has 106 valence electrons. The van der Waals surface area contributed by atoms with E-state index in [0.717, 1.165) is 4.47 Å². The zero-order chi connectivity index (χ0) is 14.4. The second kappa shape index (κ2) is 7.72. The van der Waals surface area contributed by atoms with Gasteiger partial charge in [-0.05, 0) is 48.0 Å². The Morgan fingerprint density at radius 2 is 2.21 bits per heavy atom. The molecule has 1 N–H and O–H groups in total. The van der Waals surface area contributed by atoms with Crippen LogP contribution in [0.1, 0.15) is 13.8 Å². The van der Waals surface area contributed by atoms with Crippen LogP contribution in [-0.4, -0.2) is 41.7 Å². The Kier molecular flexibility index (Phi) is 6.62. The minimum atomic E-state index is -0.832. The number of hydrogen-bond acceptors (Lipinski definition) is 3. The topological polar surface area (TPSA) is 49.8 Å². The van der Waals surface area contributed by atoms with E-state index in [1.165, 1.54) is 0 Å². The van der Waals surface area contributed by atoms with E-state index in [1.54, 1.807) is 18.2 Å². The molecular weight excluding hydrogens is 334 g/mol. The third-order valence-electron chi connectivity index (χ3n) is 2.60. The van der Waals surface area contributed by atoms with Gasteiger partial charge in [0.15, 0.2) is 0 Å². The van der Waals surface area contributed by atoms with Crippen LogP contribution in [0.25, 0.3) is 0 Å². The Balaban J connectivity index is 2.49. The molecule has 0 spiro atoms. The summed E-state index contributed by atoms with van der Waals surface area (Å²) in [7, 11) is 0. The van der Waals surface area contributed by atoms with Crippen LogP contribution in [-0.2, 0) is 4.79 Å². The second-order valence-corrected chi connectivity index (χ2v) is 5.67. The summed E-state index contributed by atoms with van der Waals surface area (Å²) in [5.74, 6) is -0.134. The lowest BCUT2D eigenvalue weighted by Gasteiger charge is -2.24. The molecule has 0 unspecified atom stereocenters. The molecule has 19 heavy (non-hydrogen) atoms. The Hall–Kier alpha value is -0.780. The number of aliphatic carboxylic acids is 1. The molecule has 1 rings (SSSR count). The number of carboxylic acids is 1. The van der Waals surface area contributed by atoms with Gasteiger partial charge in [0.05, 0.1) is 11.0 Å². The van der Waals surface area contributed by atoms with E-state index in [4.69, 9.17) is 21.4 Å². The lowest BCUT2D eigenvalue weighted by molar-refractivity contribution is -0.138. The summed E-state index contributed by atoms with van der Waals surface area (Å²) in [6.07, 6.45) is 0. The van der Waals surface area contributed by atoms with E-state index in [1.807, 2.05) is 18.7 Å². The highest BCUT2D eigenvalue weighted by molar-refractivity contribution is 9.10. The van der Waals surface area contributed by atoms with Gasteiger partial charge in [0.1, 0.15) is 12.4 Å². The summed E-state index contributed by atoms with van der Waals surface area (Å²) < 4.78 is 6.40. The molecule has 0 saturated carbocycles. The third kappa shape index (κ3) is 5.80. The van der Waals surface area contributed by atoms with Gasteiger partial charge < -0.3 is 9.84 Å². The lowest BCUT2D eigenvalue weighted by atomic mass is 10.3. The average molecular weight is 351 g/mol. The van der Waals surface area contributed by atoms with Crippen LogP contribution in [0.3, 0.4) is 0 Å². The standard InChI is InChI=1S/C13H17BrClNO3/c1-9(2)16(8-13(17)18)5-6-19-12-4-3-10(15)7-11(12)14/h3-4,7,9H,5-6,8H2,1-2H3,(H,17,18). The molecule has 6 heteroatoms. The first kappa shape index (κ1) is 16.3. The Labute approximate surface area is 126 Å². The molecule has 1 aromatic rings. The first-order valence-electron chi connectivity index (χ1n) is 5.94. The van der Waals surface area contributed by atoms with Crippen LogP contribution >= 0.6 is 27.5 Å². The smallest absolute Gasteiger partial charge is 0.317 e. The zero-order valence-corrected chi connectivity index (χ0v) is 13.2. The SMILES string of the molecule is CC(C)N(CCOc1ccc(Cl)cc1Br)CC(=O)O. The molecule has 0 amide bonds. The highest BCUT2D eigenvalue weighted by Crippen LogP contribution is 2.27. The van der Waals surface area contributed by atoms with E-state index >= 15 is 0 Å². The van der Waals surface area contributed by atoms with E-state index in [2.05, 4.69) is 15.9 Å². The van der Waals surface area contributed by atoms with Crippen molar-refractivity contribution in [3.63, 3.8) is 0 Å². The van der Waals surface area contributed by atoms with Crippen molar-refractivity contribution in [1.29, 1.82) is 0 Å². The van der Waals surface area contributed by atoms with Crippen molar-refractivity contribution in [2.75, 3.05) is 19.7 Å². The molecule has 0 heterocycles. The average Bonchev–Trinajstić information content (AvgIpc) is 2.29. The van der Waals surface area contributed by atoms with Crippen LogP contribution in [0.5, 0.6) is 5.75 Å². The van der Waals surface area contributed by atoms with Crippen LogP contribution in [0.15, 0.2) is 22.7 Å². The molecule has 0 aliphatic heterocycles. The highest BCUT2D eigenvalue weighted by Gasteiger charge is 2.13. The predicted molar refractivity (Wildman–Crippen MR) is 79.0 cm³/mol. The van der Waals surface area contributed by atoms with E-state index < -0.39 is 5.97 Å². The lowest BCUT2D eigenvalue weighted by Crippen LogP contribution is -2.38. The fraction of sp³-hybridized carbons (Fsp3) is 0.462. The summed E-state index contributed by atoms with van der Waals surface area (Å²) in [4.78, 5) is 12.6. The van der Waals surface area contributed by atoms with Crippen LogP contribution in [0.2, 0.25) is 5.02 Å². The Bertz CT molecular complexity index is 440. The fourth-order valence-electron chi connectivity index (χ4n) is 1.56. The number of nitrogens with zero attached hydrogens (tertiary/aromatic N) is 1. The van der Waals surface area contributed by atoms with Crippen LogP contribution in [0.4, 0.5) is 0 Å². The molecule has 0 atom stereocenters. The molecule has 0 aliphatic carbocycles. The van der Waals surface area contributed by atoms with Gasteiger partial charge in [0, 0.05) is 17.6 Å². The molecule has 0 radical (unpaired) electrons. The summed E-state index contributed by atoms with van der Waals surface area (Å²) >= 11 is 9.21. The summed E-state index contributed by atoms with van der Waals surface area (Å²) in [5.41, 5.74) is 0. The number of hydrogen-bond donors (Lipinski definition) is 1. The Morgan fingerprint density at radius 3 is 2.74 bits per heavy atom. The molecule has 4 nitrogen and oxygen atoms in total. The van der Waals surface area contributed by atoms with Crippen molar-refractivity contribution in [2.45, 2.75) is 19.9 Å². The van der Waals surface area contributed by atoms with Crippen LogP contribution in [0, 0.1) is 0 Å². The maximum Gasteiger partial charge on any atom is 0.317 e. The first-order chi connectivity index (χ1) is 8.90. The van der Waals surface area contributed by atoms with E-state index in [9.17, 15) is 4.79 Å². The van der Waals surface area contributed by atoms with Gasteiger partial charge in [-0.2, -0.15) is 0 Å². The molecule has 0 fully saturated rings. The van der Waals surface area contributed by atoms with Gasteiger partial charge in [-0.3, -0.25) is 9.69 Å². The Morgan fingerprint density at radius 1 is 1.53 bits per heavy atom. The van der Waals surface area contributed by atoms with Crippen molar-refractivity contribution in [3.05, 3.63) is 27.7 Å². The largest absolute Gasteiger partial charge is 0.491 e. The van der Waals surface area contributed by atoms with Crippen molar-refractivity contribution >= 4 is 33.5 Å². The van der Waals surface area contributed by atoms with Crippen molar-refractivity contribution in [1.82, 2.24) is 4.90 Å². The van der Waals surface area contributed by atoms with Gasteiger partial charge in [0.25, 0.3) is 0 Å². The molecule has 1 aromatic carbocycles. The van der Waals surface area contributed by atoms with Crippen LogP contribution < -0.4 is 4.74 Å². The minimum absolute atomic E-state index is 0.0167. The second-order valence-electron chi connectivity index (χ2n) is 4.38. The van der Waals surface area contributed by atoms with E-state index in [0.29, 0.717) is 23.9 Å². The number of rotatable bonds is 7. The number of benzene rings is 1. The quantitative estimate of drug-likeness (QED) is 0.820. The fourth-order valence-corrected chi connectivity index (χ4v) is 2.36. The minimum Gasteiger partial charge on any atom is -0.491 e. The normalized spacial score (nSPS) is 11.1. The molecule has 0 aromatic heterocycles. The summed E-state index contributed by atoms with van der Waals surface area (Å²) in [6, 6.07) is 5.45. The maximum absolute atomic E-state index is 10.7. The predicted octanol–water partition coefficient (Wildman–Crippen LogP) is 3.28. The number of carboxylic acid groups (broad SMARTS) is 1.